The Balaban J connectivity index is 3.21. The van der Waals surface area contributed by atoms with Gasteiger partial charge in [0.1, 0.15) is 6.54 Å². The molecule has 4 nitrogen and oxygen atoms in total. The lowest BCUT2D eigenvalue weighted by molar-refractivity contribution is -0.138. The number of halogens is 6. The van der Waals surface area contributed by atoms with E-state index in [1.807, 2.05) is 0 Å². The number of carboxylic acid groups (broad SMARTS) is 1. The lowest BCUT2D eigenvalue weighted by atomic mass is 10.1. The minimum atomic E-state index is -4.89. The number of anilines is 1. The van der Waals surface area contributed by atoms with E-state index in [1.165, 1.54) is 6.07 Å². The molecule has 1 N–H and O–H groups in total. The lowest BCUT2D eigenvalue weighted by Crippen LogP contribution is -2.33. The lowest BCUT2D eigenvalue weighted by Gasteiger charge is -2.24. The summed E-state index contributed by atoms with van der Waals surface area (Å²) in [6, 6.07) is 3.57. The molecule has 10 heteroatoms. The van der Waals surface area contributed by atoms with Crippen LogP contribution in [0, 0.1) is 11.3 Å². The Morgan fingerprint density at radius 2 is 1.83 bits per heavy atom. The van der Waals surface area contributed by atoms with Gasteiger partial charge in [-0.2, -0.15) is 31.6 Å². The number of aliphatic carboxylic acids is 1. The van der Waals surface area contributed by atoms with Gasteiger partial charge in [0, 0.05) is 12.2 Å². The van der Waals surface area contributed by atoms with Crippen molar-refractivity contribution < 1.29 is 36.2 Å². The van der Waals surface area contributed by atoms with Gasteiger partial charge in [-0.15, -0.1) is 0 Å². The Morgan fingerprint density at radius 1 is 1.22 bits per heavy atom. The maximum atomic E-state index is 12.9. The first kappa shape index (κ1) is 18.6. The van der Waals surface area contributed by atoms with Crippen LogP contribution >= 0.6 is 0 Å². The fourth-order valence-electron chi connectivity index (χ4n) is 1.79. The molecule has 0 heterocycles. The van der Waals surface area contributed by atoms with Crippen molar-refractivity contribution in [1.82, 2.24) is 0 Å². The minimum Gasteiger partial charge on any atom is -0.480 e. The summed E-state index contributed by atoms with van der Waals surface area (Å²) in [5.41, 5.74) is -2.39. The van der Waals surface area contributed by atoms with Crippen molar-refractivity contribution >= 4 is 11.7 Å². The maximum absolute atomic E-state index is 12.9. The first-order chi connectivity index (χ1) is 10.4. The van der Waals surface area contributed by atoms with E-state index in [4.69, 9.17) is 10.4 Å². The molecule has 0 saturated heterocycles. The molecule has 0 fully saturated rings. The Kier molecular flexibility index (Phi) is 5.47. The summed E-state index contributed by atoms with van der Waals surface area (Å²) < 4.78 is 75.3. The van der Waals surface area contributed by atoms with E-state index in [0.29, 0.717) is 11.0 Å². The Bertz CT molecular complexity index is 618. The number of nitrogens with zero attached hydrogens (tertiary/aromatic N) is 2. The zero-order valence-corrected chi connectivity index (χ0v) is 11.4. The molecule has 0 aliphatic heterocycles. The monoisotopic (exact) mass is 340 g/mol. The predicted molar refractivity (Wildman–Crippen MR) is 66.7 cm³/mol. The quantitative estimate of drug-likeness (QED) is 0.834. The van der Waals surface area contributed by atoms with E-state index in [9.17, 15) is 31.1 Å². The topological polar surface area (TPSA) is 64.3 Å². The molecule has 0 atom stereocenters. The van der Waals surface area contributed by atoms with Crippen molar-refractivity contribution in [3.05, 3.63) is 29.3 Å². The third-order valence-corrected chi connectivity index (χ3v) is 2.79. The largest absolute Gasteiger partial charge is 0.480 e. The van der Waals surface area contributed by atoms with Gasteiger partial charge < -0.3 is 10.0 Å². The van der Waals surface area contributed by atoms with Gasteiger partial charge in [-0.05, 0) is 18.2 Å². The number of hydrogen-bond acceptors (Lipinski definition) is 3. The predicted octanol–water partition coefficient (Wildman–Crippen LogP) is 3.42. The molecule has 0 aliphatic carbocycles. The molecule has 0 unspecified atom stereocenters. The first-order valence-electron chi connectivity index (χ1n) is 6.09. The molecule has 1 aromatic carbocycles. The molecular formula is C13H10F6N2O2. The number of hydrogen-bond donors (Lipinski definition) is 1. The normalized spacial score (nSPS) is 11.9. The van der Waals surface area contributed by atoms with Crippen LogP contribution in [0.4, 0.5) is 32.0 Å². The Hall–Kier alpha value is -2.44. The van der Waals surface area contributed by atoms with Crippen LogP contribution in [-0.2, 0) is 11.0 Å². The SMILES string of the molecule is N#Cc1ccc(N(CCC(F)(F)F)CC(=O)O)cc1C(F)(F)F. The van der Waals surface area contributed by atoms with Gasteiger partial charge in [0.2, 0.25) is 0 Å². The highest BCUT2D eigenvalue weighted by atomic mass is 19.4. The van der Waals surface area contributed by atoms with Crippen LogP contribution in [0.5, 0.6) is 0 Å². The summed E-state index contributed by atoms with van der Waals surface area (Å²) in [7, 11) is 0. The average molecular weight is 340 g/mol. The molecule has 23 heavy (non-hydrogen) atoms. The number of rotatable bonds is 5. The van der Waals surface area contributed by atoms with Crippen molar-refractivity contribution in [3.8, 4) is 6.07 Å². The molecular weight excluding hydrogens is 330 g/mol. The summed E-state index contributed by atoms with van der Waals surface area (Å²) in [4.78, 5) is 11.4. The van der Waals surface area contributed by atoms with E-state index in [-0.39, 0.29) is 5.69 Å². The maximum Gasteiger partial charge on any atom is 0.417 e. The minimum absolute atomic E-state index is 0.358. The van der Waals surface area contributed by atoms with Crippen LogP contribution < -0.4 is 4.90 Å². The summed E-state index contributed by atoms with van der Waals surface area (Å²) in [6.07, 6.45) is -10.9. The summed E-state index contributed by atoms with van der Waals surface area (Å²) >= 11 is 0. The van der Waals surface area contributed by atoms with Gasteiger partial charge in [0.05, 0.1) is 23.6 Å². The van der Waals surface area contributed by atoms with Crippen LogP contribution in [0.1, 0.15) is 17.5 Å². The first-order valence-corrected chi connectivity index (χ1v) is 6.09. The summed E-state index contributed by atoms with van der Waals surface area (Å²) in [6.45, 7) is -1.72. The Morgan fingerprint density at radius 3 is 2.26 bits per heavy atom. The molecule has 0 bridgehead atoms. The molecule has 0 saturated carbocycles. The van der Waals surface area contributed by atoms with E-state index in [0.717, 1.165) is 12.1 Å². The van der Waals surface area contributed by atoms with Gasteiger partial charge in [0.25, 0.3) is 0 Å². The number of nitriles is 1. The summed E-state index contributed by atoms with van der Waals surface area (Å²) in [5.74, 6) is -1.50. The number of carbonyl (C=O) groups is 1. The Labute approximate surface area is 126 Å². The van der Waals surface area contributed by atoms with Crippen LogP contribution in [0.2, 0.25) is 0 Å². The number of alkyl halides is 6. The molecule has 0 radical (unpaired) electrons. The summed E-state index contributed by atoms with van der Waals surface area (Å²) in [5, 5.41) is 17.4. The van der Waals surface area contributed by atoms with Crippen LogP contribution in [0.3, 0.4) is 0 Å². The molecule has 0 aromatic heterocycles. The van der Waals surface area contributed by atoms with Crippen molar-refractivity contribution in [2.45, 2.75) is 18.8 Å². The van der Waals surface area contributed by atoms with E-state index in [1.54, 1.807) is 0 Å². The van der Waals surface area contributed by atoms with Crippen molar-refractivity contribution in [2.75, 3.05) is 18.0 Å². The van der Waals surface area contributed by atoms with Crippen LogP contribution in [0.15, 0.2) is 18.2 Å². The second kappa shape index (κ2) is 6.76. The molecule has 1 aromatic rings. The van der Waals surface area contributed by atoms with Gasteiger partial charge in [0.15, 0.2) is 0 Å². The highest BCUT2D eigenvalue weighted by Gasteiger charge is 2.35. The zero-order chi connectivity index (χ0) is 17.8. The average Bonchev–Trinajstić information content (AvgIpc) is 2.40. The van der Waals surface area contributed by atoms with Crippen molar-refractivity contribution in [2.24, 2.45) is 0 Å². The number of benzene rings is 1. The second-order valence-corrected chi connectivity index (χ2v) is 4.52. The van der Waals surface area contributed by atoms with Crippen molar-refractivity contribution in [1.29, 1.82) is 5.26 Å². The van der Waals surface area contributed by atoms with E-state index in [2.05, 4.69) is 0 Å². The third-order valence-electron chi connectivity index (χ3n) is 2.79. The number of carboxylic acids is 1. The molecule has 126 valence electrons. The van der Waals surface area contributed by atoms with Gasteiger partial charge in [-0.3, -0.25) is 4.79 Å². The van der Waals surface area contributed by atoms with Crippen molar-refractivity contribution in [3.63, 3.8) is 0 Å². The molecule has 0 spiro atoms. The van der Waals surface area contributed by atoms with Crippen LogP contribution in [0.25, 0.3) is 0 Å². The van der Waals surface area contributed by atoms with Gasteiger partial charge >= 0.3 is 18.3 Å². The van der Waals surface area contributed by atoms with Crippen LogP contribution in [-0.4, -0.2) is 30.3 Å². The molecule has 1 rings (SSSR count). The van der Waals surface area contributed by atoms with E-state index >= 15 is 0 Å². The standard InChI is InChI=1S/C13H10F6N2O2/c14-12(15,16)3-4-21(7-11(22)23)9-2-1-8(6-20)10(5-9)13(17,18)19/h1-2,5H,3-4,7H2,(H,22,23). The fourth-order valence-corrected chi connectivity index (χ4v) is 1.79. The van der Waals surface area contributed by atoms with E-state index < -0.39 is 49.0 Å². The molecule has 0 amide bonds. The highest BCUT2D eigenvalue weighted by Crippen LogP contribution is 2.34. The fraction of sp³-hybridized carbons (Fsp3) is 0.385. The smallest absolute Gasteiger partial charge is 0.417 e. The molecule has 0 aliphatic rings. The zero-order valence-electron chi connectivity index (χ0n) is 11.4. The third kappa shape index (κ3) is 5.69. The van der Waals surface area contributed by atoms with Gasteiger partial charge in [-0.1, -0.05) is 0 Å². The van der Waals surface area contributed by atoms with Gasteiger partial charge in [-0.25, -0.2) is 0 Å². The highest BCUT2D eigenvalue weighted by molar-refractivity contribution is 5.74. The second-order valence-electron chi connectivity index (χ2n) is 4.52.